The van der Waals surface area contributed by atoms with Crippen molar-refractivity contribution in [3.05, 3.63) is 71.0 Å². The van der Waals surface area contributed by atoms with E-state index >= 15 is 0 Å². The molecule has 0 unspecified atom stereocenters. The Balaban J connectivity index is 1.70. The summed E-state index contributed by atoms with van der Waals surface area (Å²) in [4.78, 5) is 16.0. The molecule has 1 N–H and O–H groups in total. The molecule has 2 aromatic carbocycles. The monoisotopic (exact) mass is 389 g/mol. The number of alkyl halides is 2. The number of hydrogen-bond donors (Lipinski definition) is 1. The Hall–Kier alpha value is -2.54. The van der Waals surface area contributed by atoms with Crippen LogP contribution in [0.4, 0.5) is 18.0 Å². The van der Waals surface area contributed by atoms with Crippen molar-refractivity contribution in [1.82, 2.24) is 15.1 Å². The van der Waals surface area contributed by atoms with Crippen LogP contribution in [0.1, 0.15) is 22.7 Å². The van der Waals surface area contributed by atoms with Crippen LogP contribution in [0.3, 0.4) is 0 Å². The highest BCUT2D eigenvalue weighted by molar-refractivity contribution is 5.76. The summed E-state index contributed by atoms with van der Waals surface area (Å²) in [5, 5.41) is 2.66. The molecule has 1 fully saturated rings. The van der Waals surface area contributed by atoms with E-state index in [1.807, 2.05) is 24.3 Å². The maximum atomic E-state index is 14.2. The van der Waals surface area contributed by atoms with Gasteiger partial charge in [0.25, 0.3) is 5.92 Å². The summed E-state index contributed by atoms with van der Waals surface area (Å²) in [6, 6.07) is 11.7. The minimum atomic E-state index is -2.97. The highest BCUT2D eigenvalue weighted by Gasteiger charge is 2.49. The molecule has 2 atom stereocenters. The highest BCUT2D eigenvalue weighted by Crippen LogP contribution is 2.37. The lowest BCUT2D eigenvalue weighted by atomic mass is 9.88. The fraction of sp³-hybridized carbons (Fsp3) is 0.381. The van der Waals surface area contributed by atoms with Crippen molar-refractivity contribution in [2.75, 3.05) is 26.7 Å². The first-order valence-corrected chi connectivity index (χ1v) is 9.34. The first-order chi connectivity index (χ1) is 13.4. The van der Waals surface area contributed by atoms with E-state index in [1.54, 1.807) is 17.0 Å². The van der Waals surface area contributed by atoms with Crippen LogP contribution in [0.2, 0.25) is 0 Å². The van der Waals surface area contributed by atoms with Gasteiger partial charge in [-0.1, -0.05) is 36.4 Å². The quantitative estimate of drug-likeness (QED) is 0.854. The van der Waals surface area contributed by atoms with Crippen molar-refractivity contribution in [1.29, 1.82) is 0 Å². The van der Waals surface area contributed by atoms with Crippen LogP contribution in [0.5, 0.6) is 0 Å². The third kappa shape index (κ3) is 3.24. The number of hydrogen-bond acceptors (Lipinski definition) is 2. The summed E-state index contributed by atoms with van der Waals surface area (Å²) in [5.74, 6) is -3.33. The van der Waals surface area contributed by atoms with Gasteiger partial charge in [-0.25, -0.2) is 18.0 Å². The van der Waals surface area contributed by atoms with Gasteiger partial charge in [-0.15, -0.1) is 0 Å². The Bertz CT molecular complexity index is 871. The fourth-order valence-electron chi connectivity index (χ4n) is 4.18. The van der Waals surface area contributed by atoms with Gasteiger partial charge < -0.3 is 15.1 Å². The van der Waals surface area contributed by atoms with Crippen molar-refractivity contribution in [3.63, 3.8) is 0 Å². The Kier molecular flexibility index (Phi) is 4.79. The molecule has 1 saturated heterocycles. The Morgan fingerprint density at radius 3 is 2.57 bits per heavy atom. The number of likely N-dealkylation sites (N-methyl/N-ethyl adjacent to an activating group) is 1. The minimum absolute atomic E-state index is 0.0564. The Morgan fingerprint density at radius 2 is 1.89 bits per heavy atom. The number of urea groups is 1. The average molecular weight is 389 g/mol. The van der Waals surface area contributed by atoms with E-state index in [0.29, 0.717) is 13.0 Å². The summed E-state index contributed by atoms with van der Waals surface area (Å²) < 4.78 is 41.8. The van der Waals surface area contributed by atoms with E-state index < -0.39 is 30.6 Å². The molecule has 0 bridgehead atoms. The van der Waals surface area contributed by atoms with Gasteiger partial charge in [-0.3, -0.25) is 0 Å². The van der Waals surface area contributed by atoms with Crippen molar-refractivity contribution in [2.24, 2.45) is 0 Å². The summed E-state index contributed by atoms with van der Waals surface area (Å²) in [6.45, 7) is 0.0361. The molecule has 148 valence electrons. The second-order valence-electron chi connectivity index (χ2n) is 7.40. The number of amides is 2. The molecule has 2 aliphatic rings. The number of carbonyl (C=O) groups is 1. The van der Waals surface area contributed by atoms with Crippen LogP contribution in [0, 0.1) is 5.82 Å². The number of rotatable bonds is 2. The molecule has 28 heavy (non-hydrogen) atoms. The first kappa shape index (κ1) is 18.8. The lowest BCUT2D eigenvalue weighted by Crippen LogP contribution is -2.54. The Morgan fingerprint density at radius 1 is 1.18 bits per heavy atom. The van der Waals surface area contributed by atoms with E-state index in [1.165, 1.54) is 19.2 Å². The molecule has 0 spiro atoms. The van der Waals surface area contributed by atoms with Gasteiger partial charge in [-0.2, -0.15) is 0 Å². The van der Waals surface area contributed by atoms with E-state index in [-0.39, 0.29) is 12.4 Å². The topological polar surface area (TPSA) is 35.6 Å². The van der Waals surface area contributed by atoms with Crippen LogP contribution in [0.25, 0.3) is 0 Å². The molecule has 0 aromatic heterocycles. The number of carbonyl (C=O) groups excluding carboxylic acids is 1. The maximum absolute atomic E-state index is 14.2. The largest absolute Gasteiger partial charge is 0.321 e. The van der Waals surface area contributed by atoms with Gasteiger partial charge in [0.1, 0.15) is 11.9 Å². The lowest BCUT2D eigenvalue weighted by Gasteiger charge is -2.41. The van der Waals surface area contributed by atoms with Crippen molar-refractivity contribution in [3.8, 4) is 0 Å². The van der Waals surface area contributed by atoms with Gasteiger partial charge in [0.2, 0.25) is 0 Å². The molecule has 0 radical (unpaired) electrons. The summed E-state index contributed by atoms with van der Waals surface area (Å²) >= 11 is 0. The van der Waals surface area contributed by atoms with Crippen LogP contribution >= 0.6 is 0 Å². The maximum Gasteiger partial charge on any atom is 0.321 e. The summed E-state index contributed by atoms with van der Waals surface area (Å²) in [6.07, 6.45) is 0.646. The highest BCUT2D eigenvalue weighted by atomic mass is 19.3. The summed E-state index contributed by atoms with van der Waals surface area (Å²) in [7, 11) is 1.43. The lowest BCUT2D eigenvalue weighted by molar-refractivity contribution is -0.0344. The van der Waals surface area contributed by atoms with Crippen molar-refractivity contribution < 1.29 is 18.0 Å². The van der Waals surface area contributed by atoms with E-state index in [9.17, 15) is 18.0 Å². The molecule has 2 aliphatic heterocycles. The molecule has 4 nitrogen and oxygen atoms in total. The van der Waals surface area contributed by atoms with Crippen LogP contribution in [-0.2, 0) is 6.42 Å². The van der Waals surface area contributed by atoms with Gasteiger partial charge in [0.15, 0.2) is 0 Å². The smallest absolute Gasteiger partial charge is 0.317 e. The van der Waals surface area contributed by atoms with Crippen LogP contribution < -0.4 is 5.32 Å². The van der Waals surface area contributed by atoms with Gasteiger partial charge in [-0.05, 0) is 35.2 Å². The summed E-state index contributed by atoms with van der Waals surface area (Å²) in [5.41, 5.74) is 2.81. The van der Waals surface area contributed by atoms with Gasteiger partial charge in [0.05, 0.1) is 12.6 Å². The third-order valence-corrected chi connectivity index (χ3v) is 5.67. The van der Waals surface area contributed by atoms with Crippen molar-refractivity contribution >= 4 is 6.03 Å². The number of fused-ring (bicyclic) bond motifs is 1. The zero-order valence-electron chi connectivity index (χ0n) is 15.5. The zero-order valence-corrected chi connectivity index (χ0v) is 15.5. The molecule has 2 heterocycles. The molecule has 4 rings (SSSR count). The number of benzene rings is 2. The second-order valence-corrected chi connectivity index (χ2v) is 7.40. The van der Waals surface area contributed by atoms with Crippen LogP contribution in [-0.4, -0.2) is 54.5 Å². The minimum Gasteiger partial charge on any atom is -0.317 e. The predicted octanol–water partition coefficient (Wildman–Crippen LogP) is 3.43. The molecule has 0 aliphatic carbocycles. The van der Waals surface area contributed by atoms with E-state index in [2.05, 4.69) is 5.32 Å². The second kappa shape index (κ2) is 7.13. The van der Waals surface area contributed by atoms with Gasteiger partial charge in [0, 0.05) is 20.1 Å². The standard InChI is InChI=1S/C21H22F3N3O/c1-26(18-12-25-13-21(18,23)24)20(28)27-11-10-14-4-2-3-5-17(14)19(27)15-6-8-16(22)9-7-15/h2-9,18-19,25H,10-13H2,1H3/t18-,19+/m1/s1. The van der Waals surface area contributed by atoms with E-state index in [4.69, 9.17) is 0 Å². The average Bonchev–Trinajstić information content (AvgIpc) is 3.05. The first-order valence-electron chi connectivity index (χ1n) is 9.34. The van der Waals surface area contributed by atoms with Gasteiger partial charge >= 0.3 is 6.03 Å². The number of nitrogens with zero attached hydrogens (tertiary/aromatic N) is 2. The SMILES string of the molecule is CN(C(=O)N1CCc2ccccc2[C@@H]1c1ccc(F)cc1)[C@@H]1CNCC1(F)F. The molecular weight excluding hydrogens is 367 g/mol. The molecule has 0 saturated carbocycles. The fourth-order valence-corrected chi connectivity index (χ4v) is 4.18. The third-order valence-electron chi connectivity index (χ3n) is 5.67. The Labute approximate surface area is 161 Å². The number of halogens is 3. The molecular formula is C21H22F3N3O. The van der Waals surface area contributed by atoms with E-state index in [0.717, 1.165) is 21.6 Å². The molecule has 2 aromatic rings. The normalized spacial score (nSPS) is 23.4. The number of nitrogens with one attached hydrogen (secondary N) is 1. The van der Waals surface area contributed by atoms with Crippen LogP contribution in [0.15, 0.2) is 48.5 Å². The molecule has 7 heteroatoms. The zero-order chi connectivity index (χ0) is 19.9. The predicted molar refractivity (Wildman–Crippen MR) is 99.9 cm³/mol. The molecule has 2 amide bonds. The van der Waals surface area contributed by atoms with Crippen molar-refractivity contribution in [2.45, 2.75) is 24.4 Å².